The predicted octanol–water partition coefficient (Wildman–Crippen LogP) is 3.85. The molecule has 0 bridgehead atoms. The fourth-order valence-corrected chi connectivity index (χ4v) is 1.66. The van der Waals surface area contributed by atoms with E-state index in [4.69, 9.17) is 5.11 Å². The van der Waals surface area contributed by atoms with Gasteiger partial charge in [0, 0.05) is 16.5 Å². The monoisotopic (exact) mass is 258 g/mol. The van der Waals surface area contributed by atoms with Crippen molar-refractivity contribution in [2.45, 2.75) is 65.2 Å². The average Bonchev–Trinajstić information content (AvgIpc) is 2.16. The van der Waals surface area contributed by atoms with Crippen molar-refractivity contribution in [3.63, 3.8) is 0 Å². The minimum atomic E-state index is -0.602. The number of hydrogen-bond donors (Lipinski definition) is 1. The Hall–Kier alpha value is -0.0365. The summed E-state index contributed by atoms with van der Waals surface area (Å²) in [5.41, 5.74) is 0. The zero-order valence-electron chi connectivity index (χ0n) is 9.91. The van der Waals surface area contributed by atoms with Gasteiger partial charge in [-0.1, -0.05) is 52.4 Å². The second kappa shape index (κ2) is 12.0. The molecule has 0 fully saturated rings. The Labute approximate surface area is 104 Å². The van der Waals surface area contributed by atoms with Crippen molar-refractivity contribution in [3.05, 3.63) is 0 Å². The first-order chi connectivity index (χ1) is 6.72. The number of carbonyl (C=O) groups is 1. The largest absolute Gasteiger partial charge is 0.481 e. The van der Waals surface area contributed by atoms with Gasteiger partial charge < -0.3 is 5.11 Å². The van der Waals surface area contributed by atoms with Gasteiger partial charge in [-0.05, 0) is 12.8 Å². The summed E-state index contributed by atoms with van der Waals surface area (Å²) in [4.78, 5) is 10.9. The van der Waals surface area contributed by atoms with Crippen LogP contribution in [-0.2, 0) is 21.3 Å². The summed E-state index contributed by atoms with van der Waals surface area (Å²) >= 11 is 0. The Morgan fingerprint density at radius 3 is 2.00 bits per heavy atom. The van der Waals surface area contributed by atoms with Crippen LogP contribution in [0, 0.1) is 5.92 Å². The van der Waals surface area contributed by atoms with E-state index in [2.05, 4.69) is 13.8 Å². The van der Waals surface area contributed by atoms with Crippen LogP contribution in [0.5, 0.6) is 0 Å². The van der Waals surface area contributed by atoms with Crippen LogP contribution in [-0.4, -0.2) is 11.1 Å². The van der Waals surface area contributed by atoms with Gasteiger partial charge in [0.05, 0.1) is 5.92 Å². The SMILES string of the molecule is CCCCCCC(CCCC)C(=O)O.[Ni]. The van der Waals surface area contributed by atoms with Gasteiger partial charge in [0.2, 0.25) is 0 Å². The number of rotatable bonds is 9. The minimum absolute atomic E-state index is 0. The average molecular weight is 259 g/mol. The third-order valence-corrected chi connectivity index (χ3v) is 2.66. The molecule has 0 radical (unpaired) electrons. The normalized spacial score (nSPS) is 11.9. The fourth-order valence-electron chi connectivity index (χ4n) is 1.66. The van der Waals surface area contributed by atoms with Crippen molar-refractivity contribution in [3.8, 4) is 0 Å². The first-order valence-corrected chi connectivity index (χ1v) is 5.95. The maximum Gasteiger partial charge on any atom is 0.306 e. The van der Waals surface area contributed by atoms with Crippen molar-refractivity contribution in [1.29, 1.82) is 0 Å². The number of carboxylic acid groups (broad SMARTS) is 1. The van der Waals surface area contributed by atoms with E-state index in [-0.39, 0.29) is 22.4 Å². The van der Waals surface area contributed by atoms with Gasteiger partial charge in [0.25, 0.3) is 0 Å². The van der Waals surface area contributed by atoms with Crippen molar-refractivity contribution in [2.75, 3.05) is 0 Å². The number of aliphatic carboxylic acids is 1. The molecule has 1 N–H and O–H groups in total. The maximum absolute atomic E-state index is 10.9. The van der Waals surface area contributed by atoms with Crippen LogP contribution in [0.1, 0.15) is 65.2 Å². The summed E-state index contributed by atoms with van der Waals surface area (Å²) in [6, 6.07) is 0. The van der Waals surface area contributed by atoms with E-state index in [1.807, 2.05) is 0 Å². The van der Waals surface area contributed by atoms with E-state index in [1.54, 1.807) is 0 Å². The summed E-state index contributed by atoms with van der Waals surface area (Å²) in [6.07, 6.45) is 8.59. The first kappa shape index (κ1) is 17.4. The van der Waals surface area contributed by atoms with E-state index in [9.17, 15) is 4.79 Å². The molecule has 0 aromatic heterocycles. The van der Waals surface area contributed by atoms with Crippen LogP contribution in [0.2, 0.25) is 0 Å². The molecule has 0 spiro atoms. The quantitative estimate of drug-likeness (QED) is 0.504. The molecular formula is C12H24NiO2. The molecular weight excluding hydrogens is 235 g/mol. The molecule has 0 aliphatic carbocycles. The molecule has 0 aliphatic heterocycles. The van der Waals surface area contributed by atoms with Gasteiger partial charge in [-0.25, -0.2) is 0 Å². The van der Waals surface area contributed by atoms with Crippen LogP contribution < -0.4 is 0 Å². The van der Waals surface area contributed by atoms with Gasteiger partial charge in [-0.3, -0.25) is 4.79 Å². The molecule has 0 aromatic carbocycles. The van der Waals surface area contributed by atoms with Crippen LogP contribution in [0.3, 0.4) is 0 Å². The van der Waals surface area contributed by atoms with Crippen molar-refractivity contribution < 1.29 is 26.4 Å². The molecule has 15 heavy (non-hydrogen) atoms. The third kappa shape index (κ3) is 10.2. The molecule has 0 rings (SSSR count). The number of unbranched alkanes of at least 4 members (excludes halogenated alkanes) is 4. The Balaban J connectivity index is 0. The molecule has 94 valence electrons. The standard InChI is InChI=1S/C12H24O2.Ni/c1-3-5-7-8-10-11(12(13)14)9-6-4-2;/h11H,3-10H2,1-2H3,(H,13,14);. The van der Waals surface area contributed by atoms with Crippen LogP contribution in [0.15, 0.2) is 0 Å². The molecule has 1 atom stereocenters. The van der Waals surface area contributed by atoms with Crippen LogP contribution >= 0.6 is 0 Å². The third-order valence-electron chi connectivity index (χ3n) is 2.66. The molecule has 0 aliphatic rings. The van der Waals surface area contributed by atoms with E-state index in [0.717, 1.165) is 32.1 Å². The summed E-state index contributed by atoms with van der Waals surface area (Å²) in [6.45, 7) is 4.28. The van der Waals surface area contributed by atoms with Crippen molar-refractivity contribution in [2.24, 2.45) is 5.92 Å². The van der Waals surface area contributed by atoms with Gasteiger partial charge in [0.1, 0.15) is 0 Å². The summed E-state index contributed by atoms with van der Waals surface area (Å²) in [7, 11) is 0. The second-order valence-electron chi connectivity index (χ2n) is 4.03. The van der Waals surface area contributed by atoms with Crippen LogP contribution in [0.25, 0.3) is 0 Å². The Morgan fingerprint density at radius 2 is 1.53 bits per heavy atom. The summed E-state index contributed by atoms with van der Waals surface area (Å²) in [5, 5.41) is 8.96. The van der Waals surface area contributed by atoms with Gasteiger partial charge in [0.15, 0.2) is 0 Å². The predicted molar refractivity (Wildman–Crippen MR) is 59.4 cm³/mol. The Bertz CT molecular complexity index is 149. The molecule has 0 aromatic rings. The second-order valence-corrected chi connectivity index (χ2v) is 4.03. The molecule has 2 nitrogen and oxygen atoms in total. The van der Waals surface area contributed by atoms with Gasteiger partial charge >= 0.3 is 5.97 Å². The van der Waals surface area contributed by atoms with Crippen LogP contribution in [0.4, 0.5) is 0 Å². The maximum atomic E-state index is 10.9. The van der Waals surface area contributed by atoms with Gasteiger partial charge in [-0.2, -0.15) is 0 Å². The Kier molecular flexibility index (Phi) is 13.9. The topological polar surface area (TPSA) is 37.3 Å². The summed E-state index contributed by atoms with van der Waals surface area (Å²) in [5.74, 6) is -0.693. The molecule has 0 heterocycles. The molecule has 0 saturated heterocycles. The molecule has 0 saturated carbocycles. The number of carboxylic acids is 1. The first-order valence-electron chi connectivity index (χ1n) is 5.95. The smallest absolute Gasteiger partial charge is 0.306 e. The zero-order chi connectivity index (χ0) is 10.8. The van der Waals surface area contributed by atoms with E-state index < -0.39 is 5.97 Å². The molecule has 1 unspecified atom stereocenters. The molecule has 3 heteroatoms. The van der Waals surface area contributed by atoms with E-state index in [1.165, 1.54) is 19.3 Å². The van der Waals surface area contributed by atoms with Crippen molar-refractivity contribution in [1.82, 2.24) is 0 Å². The summed E-state index contributed by atoms with van der Waals surface area (Å²) < 4.78 is 0. The van der Waals surface area contributed by atoms with Crippen molar-refractivity contribution >= 4 is 5.97 Å². The fraction of sp³-hybridized carbons (Fsp3) is 0.917. The molecule has 0 amide bonds. The zero-order valence-corrected chi connectivity index (χ0v) is 10.9. The van der Waals surface area contributed by atoms with E-state index >= 15 is 0 Å². The van der Waals surface area contributed by atoms with E-state index in [0.29, 0.717) is 0 Å². The Morgan fingerprint density at radius 1 is 1.00 bits per heavy atom. The number of hydrogen-bond acceptors (Lipinski definition) is 1. The minimum Gasteiger partial charge on any atom is -0.481 e. The van der Waals surface area contributed by atoms with Gasteiger partial charge in [-0.15, -0.1) is 0 Å².